The van der Waals surface area contributed by atoms with E-state index in [1.165, 1.54) is 10.6 Å². The third kappa shape index (κ3) is 3.49. The first kappa shape index (κ1) is 17.0. The van der Waals surface area contributed by atoms with Crippen molar-refractivity contribution in [3.63, 3.8) is 0 Å². The maximum absolute atomic E-state index is 11.8. The fourth-order valence-corrected chi connectivity index (χ4v) is 4.07. The summed E-state index contributed by atoms with van der Waals surface area (Å²) < 4.78 is 27.1. The van der Waals surface area contributed by atoms with E-state index in [9.17, 15) is 8.42 Å². The summed E-state index contributed by atoms with van der Waals surface area (Å²) >= 11 is 0. The highest BCUT2D eigenvalue weighted by atomic mass is 32.2. The van der Waals surface area contributed by atoms with E-state index in [0.29, 0.717) is 13.1 Å². The second-order valence-corrected chi connectivity index (χ2v) is 8.23. The second kappa shape index (κ2) is 6.60. The Labute approximate surface area is 142 Å². The fourth-order valence-electron chi connectivity index (χ4n) is 3.16. The van der Waals surface area contributed by atoms with Crippen molar-refractivity contribution < 1.29 is 8.42 Å². The van der Waals surface area contributed by atoms with Gasteiger partial charge in [0.1, 0.15) is 5.82 Å². The van der Waals surface area contributed by atoms with Crippen molar-refractivity contribution in [2.75, 3.05) is 19.3 Å². The quantitative estimate of drug-likeness (QED) is 0.841. The van der Waals surface area contributed by atoms with Crippen LogP contribution in [0.5, 0.6) is 0 Å². The van der Waals surface area contributed by atoms with E-state index in [1.54, 1.807) is 6.20 Å². The molecule has 0 saturated carbocycles. The van der Waals surface area contributed by atoms with Crippen LogP contribution < -0.4 is 0 Å². The second-order valence-electron chi connectivity index (χ2n) is 6.25. The van der Waals surface area contributed by atoms with Gasteiger partial charge in [-0.25, -0.2) is 22.7 Å². The highest BCUT2D eigenvalue weighted by molar-refractivity contribution is 7.88. The molecule has 1 aliphatic rings. The summed E-state index contributed by atoms with van der Waals surface area (Å²) in [6.07, 6.45) is 4.76. The monoisotopic (exact) mass is 349 g/mol. The van der Waals surface area contributed by atoms with Crippen molar-refractivity contribution in [2.45, 2.75) is 39.2 Å². The Morgan fingerprint density at radius 3 is 2.83 bits per heavy atom. The molecule has 0 N–H and O–H groups in total. The van der Waals surface area contributed by atoms with Crippen molar-refractivity contribution in [3.05, 3.63) is 29.8 Å². The molecule has 3 heterocycles. The average Bonchev–Trinajstić information content (AvgIpc) is 3.02. The van der Waals surface area contributed by atoms with Crippen LogP contribution in [-0.2, 0) is 16.6 Å². The molecule has 3 rings (SSSR count). The molecule has 1 fully saturated rings. The Balaban J connectivity index is 1.94. The van der Waals surface area contributed by atoms with Crippen LogP contribution in [0, 0.1) is 6.92 Å². The van der Waals surface area contributed by atoms with Gasteiger partial charge in [0.05, 0.1) is 17.6 Å². The van der Waals surface area contributed by atoms with Crippen LogP contribution in [0.1, 0.15) is 37.2 Å². The molecular weight excluding hydrogens is 326 g/mol. The summed E-state index contributed by atoms with van der Waals surface area (Å²) in [5, 5.41) is 4.30. The topological polar surface area (TPSA) is 81.0 Å². The molecular formula is C16H23N5O2S. The zero-order chi connectivity index (χ0) is 17.3. The van der Waals surface area contributed by atoms with Crippen molar-refractivity contribution in [3.8, 4) is 11.4 Å². The smallest absolute Gasteiger partial charge is 0.211 e. The predicted molar refractivity (Wildman–Crippen MR) is 92.1 cm³/mol. The first-order valence-corrected chi connectivity index (χ1v) is 10.1. The number of sulfonamides is 1. The minimum atomic E-state index is -3.18. The van der Waals surface area contributed by atoms with Gasteiger partial charge in [-0.15, -0.1) is 0 Å². The number of aromatic nitrogens is 4. The van der Waals surface area contributed by atoms with Gasteiger partial charge in [0, 0.05) is 37.4 Å². The predicted octanol–water partition coefficient (Wildman–Crippen LogP) is 1.81. The average molecular weight is 349 g/mol. The maximum Gasteiger partial charge on any atom is 0.211 e. The summed E-state index contributed by atoms with van der Waals surface area (Å²) in [5.74, 6) is 0.757. The SMILES string of the molecule is CCn1nccc1-c1cc(C)nc([C@H]2CCCN(S(C)(=O)=O)C2)n1. The summed E-state index contributed by atoms with van der Waals surface area (Å²) in [6, 6.07) is 3.89. The van der Waals surface area contributed by atoms with Gasteiger partial charge in [-0.3, -0.25) is 4.68 Å². The van der Waals surface area contributed by atoms with E-state index in [1.807, 2.05) is 30.7 Å². The highest BCUT2D eigenvalue weighted by Gasteiger charge is 2.29. The molecule has 0 aromatic carbocycles. The molecule has 0 spiro atoms. The van der Waals surface area contributed by atoms with Crippen LogP contribution in [0.4, 0.5) is 0 Å². The minimum absolute atomic E-state index is 0.0325. The molecule has 7 nitrogen and oxygen atoms in total. The molecule has 0 unspecified atom stereocenters. The van der Waals surface area contributed by atoms with Crippen LogP contribution in [0.2, 0.25) is 0 Å². The summed E-state index contributed by atoms with van der Waals surface area (Å²) in [7, 11) is -3.18. The van der Waals surface area contributed by atoms with Crippen molar-refractivity contribution in [1.82, 2.24) is 24.1 Å². The van der Waals surface area contributed by atoms with E-state index in [-0.39, 0.29) is 5.92 Å². The molecule has 8 heteroatoms. The van der Waals surface area contributed by atoms with Crippen LogP contribution in [0.3, 0.4) is 0 Å². The zero-order valence-corrected chi connectivity index (χ0v) is 15.1. The molecule has 130 valence electrons. The molecule has 0 radical (unpaired) electrons. The number of hydrogen-bond acceptors (Lipinski definition) is 5. The van der Waals surface area contributed by atoms with Gasteiger partial charge in [0.25, 0.3) is 0 Å². The van der Waals surface area contributed by atoms with E-state index < -0.39 is 10.0 Å². The number of piperidine rings is 1. The van der Waals surface area contributed by atoms with Gasteiger partial charge in [0.15, 0.2) is 0 Å². The summed E-state index contributed by atoms with van der Waals surface area (Å²) in [6.45, 7) is 5.78. The molecule has 2 aromatic rings. The van der Waals surface area contributed by atoms with Crippen molar-refractivity contribution in [2.24, 2.45) is 0 Å². The van der Waals surface area contributed by atoms with Crippen molar-refractivity contribution in [1.29, 1.82) is 0 Å². The van der Waals surface area contributed by atoms with E-state index in [2.05, 4.69) is 10.1 Å². The lowest BCUT2D eigenvalue weighted by Gasteiger charge is -2.30. The van der Waals surface area contributed by atoms with Gasteiger partial charge in [-0.2, -0.15) is 5.10 Å². The first-order chi connectivity index (χ1) is 11.4. The fraction of sp³-hybridized carbons (Fsp3) is 0.562. The number of nitrogens with zero attached hydrogens (tertiary/aromatic N) is 5. The standard InChI is InChI=1S/C16H23N5O2S/c1-4-21-15(7-8-17-21)14-10-12(2)18-16(19-14)13-6-5-9-20(11-13)24(3,22)23/h7-8,10,13H,4-6,9,11H2,1-3H3/t13-/m0/s1. The van der Waals surface area contributed by atoms with Gasteiger partial charge in [-0.05, 0) is 38.8 Å². The minimum Gasteiger partial charge on any atom is -0.264 e. The first-order valence-electron chi connectivity index (χ1n) is 8.21. The molecule has 1 saturated heterocycles. The molecule has 1 atom stereocenters. The lowest BCUT2D eigenvalue weighted by molar-refractivity contribution is 0.311. The van der Waals surface area contributed by atoms with Crippen molar-refractivity contribution >= 4 is 10.0 Å². The molecule has 0 bridgehead atoms. The molecule has 0 aliphatic carbocycles. The Bertz CT molecular complexity index is 831. The number of rotatable bonds is 4. The molecule has 1 aliphatic heterocycles. The van der Waals surface area contributed by atoms with Crippen LogP contribution in [-0.4, -0.2) is 51.8 Å². The third-order valence-electron chi connectivity index (χ3n) is 4.37. The lowest BCUT2D eigenvalue weighted by Crippen LogP contribution is -2.38. The zero-order valence-electron chi connectivity index (χ0n) is 14.3. The van der Waals surface area contributed by atoms with E-state index in [4.69, 9.17) is 4.98 Å². The van der Waals surface area contributed by atoms with E-state index in [0.717, 1.165) is 42.3 Å². The molecule has 0 amide bonds. The Morgan fingerprint density at radius 1 is 1.33 bits per heavy atom. The normalized spacial score (nSPS) is 19.5. The largest absolute Gasteiger partial charge is 0.264 e. The molecule has 24 heavy (non-hydrogen) atoms. The van der Waals surface area contributed by atoms with E-state index >= 15 is 0 Å². The molecule has 2 aromatic heterocycles. The van der Waals surface area contributed by atoms with Crippen LogP contribution in [0.15, 0.2) is 18.3 Å². The Hall–Kier alpha value is -1.80. The van der Waals surface area contributed by atoms with Crippen LogP contribution >= 0.6 is 0 Å². The van der Waals surface area contributed by atoms with Gasteiger partial charge < -0.3 is 0 Å². The summed E-state index contributed by atoms with van der Waals surface area (Å²) in [5.41, 5.74) is 2.68. The lowest BCUT2D eigenvalue weighted by atomic mass is 9.98. The van der Waals surface area contributed by atoms with Gasteiger partial charge in [0.2, 0.25) is 10.0 Å². The number of aryl methyl sites for hydroxylation is 2. The Morgan fingerprint density at radius 2 is 2.12 bits per heavy atom. The van der Waals surface area contributed by atoms with Gasteiger partial charge in [-0.1, -0.05) is 0 Å². The van der Waals surface area contributed by atoms with Crippen LogP contribution in [0.25, 0.3) is 11.4 Å². The maximum atomic E-state index is 11.8. The Kier molecular flexibility index (Phi) is 4.69. The number of hydrogen-bond donors (Lipinski definition) is 0. The third-order valence-corrected chi connectivity index (χ3v) is 5.64. The summed E-state index contributed by atoms with van der Waals surface area (Å²) in [4.78, 5) is 9.31. The van der Waals surface area contributed by atoms with Gasteiger partial charge >= 0.3 is 0 Å². The highest BCUT2D eigenvalue weighted by Crippen LogP contribution is 2.28.